The number of nitrogens with two attached hydrogens (primary N) is 1. The Hall–Kier alpha value is -1.63. The van der Waals surface area contributed by atoms with Gasteiger partial charge in [0.2, 0.25) is 5.91 Å². The number of anilines is 1. The van der Waals surface area contributed by atoms with E-state index in [2.05, 4.69) is 10.6 Å². The lowest BCUT2D eigenvalue weighted by atomic mass is 10.1. The maximum atomic E-state index is 12.1. The van der Waals surface area contributed by atoms with Gasteiger partial charge in [-0.25, -0.2) is 0 Å². The second-order valence-electron chi connectivity index (χ2n) is 4.66. The minimum atomic E-state index is -0.322. The summed E-state index contributed by atoms with van der Waals surface area (Å²) in [5, 5.41) is 6.02. The van der Waals surface area contributed by atoms with Crippen LogP contribution in [0, 0.1) is 0 Å². The number of rotatable bonds is 5. The Morgan fingerprint density at radius 1 is 1.50 bits per heavy atom. The van der Waals surface area contributed by atoms with E-state index in [4.69, 9.17) is 15.2 Å². The highest BCUT2D eigenvalue weighted by Crippen LogP contribution is 2.16. The van der Waals surface area contributed by atoms with Gasteiger partial charge in [0.25, 0.3) is 0 Å². The molecule has 2 atom stereocenters. The molecule has 2 rings (SSSR count). The molecule has 0 saturated carbocycles. The Balaban J connectivity index is 1.90. The van der Waals surface area contributed by atoms with Gasteiger partial charge in [-0.05, 0) is 31.2 Å². The largest absolute Gasteiger partial charge is 0.492 e. The van der Waals surface area contributed by atoms with Crippen molar-refractivity contribution in [3.63, 3.8) is 0 Å². The fraction of sp³-hybridized carbons (Fsp3) is 0.500. The molecule has 6 nitrogen and oxygen atoms in total. The molecule has 0 aromatic heterocycles. The van der Waals surface area contributed by atoms with Crippen LogP contribution >= 0.6 is 0 Å². The van der Waals surface area contributed by atoms with Gasteiger partial charge >= 0.3 is 0 Å². The average Bonchev–Trinajstić information content (AvgIpc) is 2.47. The van der Waals surface area contributed by atoms with Crippen molar-refractivity contribution >= 4 is 11.6 Å². The molecular formula is C14H21N3O3. The number of benzene rings is 1. The van der Waals surface area contributed by atoms with E-state index in [1.807, 2.05) is 6.92 Å². The molecule has 1 aromatic carbocycles. The van der Waals surface area contributed by atoms with Crippen LogP contribution in [-0.4, -0.2) is 44.4 Å². The highest BCUT2D eigenvalue weighted by molar-refractivity contribution is 5.95. The maximum Gasteiger partial charge on any atom is 0.244 e. The van der Waals surface area contributed by atoms with Gasteiger partial charge in [-0.1, -0.05) is 0 Å². The summed E-state index contributed by atoms with van der Waals surface area (Å²) in [5.74, 6) is 0.647. The first-order chi connectivity index (χ1) is 9.70. The molecule has 1 aliphatic heterocycles. The van der Waals surface area contributed by atoms with Gasteiger partial charge in [0.15, 0.2) is 0 Å². The maximum absolute atomic E-state index is 12.1. The lowest BCUT2D eigenvalue weighted by molar-refractivity contribution is -0.123. The molecule has 110 valence electrons. The number of nitrogens with one attached hydrogen (secondary N) is 2. The van der Waals surface area contributed by atoms with Crippen LogP contribution in [0.2, 0.25) is 0 Å². The summed E-state index contributed by atoms with van der Waals surface area (Å²) in [5.41, 5.74) is 6.10. The summed E-state index contributed by atoms with van der Waals surface area (Å²) >= 11 is 0. The van der Waals surface area contributed by atoms with Crippen LogP contribution < -0.4 is 21.1 Å². The molecule has 0 spiro atoms. The molecule has 1 heterocycles. The second kappa shape index (κ2) is 7.23. The van der Waals surface area contributed by atoms with Gasteiger partial charge in [-0.2, -0.15) is 0 Å². The Kier molecular flexibility index (Phi) is 5.34. The number of carbonyl (C=O) groups excluding carboxylic acids is 1. The molecule has 0 radical (unpaired) electrons. The molecule has 0 bridgehead atoms. The van der Waals surface area contributed by atoms with Crippen LogP contribution in [0.15, 0.2) is 24.3 Å². The molecule has 20 heavy (non-hydrogen) atoms. The van der Waals surface area contributed by atoms with Crippen molar-refractivity contribution in [2.75, 3.05) is 31.6 Å². The van der Waals surface area contributed by atoms with Crippen molar-refractivity contribution in [2.45, 2.75) is 19.1 Å². The van der Waals surface area contributed by atoms with Crippen molar-refractivity contribution in [3.8, 4) is 5.75 Å². The van der Waals surface area contributed by atoms with E-state index < -0.39 is 0 Å². The van der Waals surface area contributed by atoms with Gasteiger partial charge in [0.1, 0.15) is 18.4 Å². The van der Waals surface area contributed by atoms with Crippen LogP contribution in [0.5, 0.6) is 5.75 Å². The third-order valence-corrected chi connectivity index (χ3v) is 3.11. The lowest BCUT2D eigenvalue weighted by Crippen LogP contribution is -2.53. The number of carbonyl (C=O) groups is 1. The SMILES string of the molecule is C[C@H]1OCCN[C@@H]1C(=O)Nc1ccc(OCCN)cc1. The molecule has 0 aliphatic carbocycles. The summed E-state index contributed by atoms with van der Waals surface area (Å²) in [6.07, 6.45) is -0.129. The average molecular weight is 279 g/mol. The number of ether oxygens (including phenoxy) is 2. The van der Waals surface area contributed by atoms with Gasteiger partial charge in [0.05, 0.1) is 12.7 Å². The number of amides is 1. The minimum absolute atomic E-state index is 0.0900. The Bertz CT molecular complexity index is 436. The van der Waals surface area contributed by atoms with Gasteiger partial charge in [-0.15, -0.1) is 0 Å². The molecule has 0 unspecified atom stereocenters. The number of hydrogen-bond acceptors (Lipinski definition) is 5. The van der Waals surface area contributed by atoms with Crippen LogP contribution in [0.4, 0.5) is 5.69 Å². The van der Waals surface area contributed by atoms with Crippen molar-refractivity contribution in [1.82, 2.24) is 5.32 Å². The summed E-state index contributed by atoms with van der Waals surface area (Å²) in [4.78, 5) is 12.1. The molecule has 1 fully saturated rings. The van der Waals surface area contributed by atoms with Crippen molar-refractivity contribution in [3.05, 3.63) is 24.3 Å². The zero-order chi connectivity index (χ0) is 14.4. The molecule has 1 amide bonds. The van der Waals surface area contributed by atoms with Gasteiger partial charge in [0, 0.05) is 18.8 Å². The van der Waals surface area contributed by atoms with Crippen molar-refractivity contribution < 1.29 is 14.3 Å². The zero-order valence-electron chi connectivity index (χ0n) is 11.6. The van der Waals surface area contributed by atoms with Gasteiger partial charge < -0.3 is 25.8 Å². The summed E-state index contributed by atoms with van der Waals surface area (Å²) < 4.78 is 10.8. The van der Waals surface area contributed by atoms with Crippen LogP contribution in [0.25, 0.3) is 0 Å². The van der Waals surface area contributed by atoms with E-state index in [9.17, 15) is 4.79 Å². The fourth-order valence-corrected chi connectivity index (χ4v) is 2.06. The first-order valence-electron chi connectivity index (χ1n) is 6.79. The smallest absolute Gasteiger partial charge is 0.244 e. The monoisotopic (exact) mass is 279 g/mol. The highest BCUT2D eigenvalue weighted by Gasteiger charge is 2.28. The molecular weight excluding hydrogens is 258 g/mol. The highest BCUT2D eigenvalue weighted by atomic mass is 16.5. The summed E-state index contributed by atoms with van der Waals surface area (Å²) in [6, 6.07) is 6.90. The third kappa shape index (κ3) is 3.93. The van der Waals surface area contributed by atoms with Crippen LogP contribution in [-0.2, 0) is 9.53 Å². The zero-order valence-corrected chi connectivity index (χ0v) is 11.6. The summed E-state index contributed by atoms with van der Waals surface area (Å²) in [7, 11) is 0. The van der Waals surface area contributed by atoms with E-state index in [1.54, 1.807) is 24.3 Å². The standard InChI is InChI=1S/C14H21N3O3/c1-10-13(16-7-9-19-10)14(18)17-11-2-4-12(5-3-11)20-8-6-15/h2-5,10,13,16H,6-9,15H2,1H3,(H,17,18)/t10-,13+/m1/s1. The molecule has 6 heteroatoms. The Labute approximate surface area is 118 Å². The lowest BCUT2D eigenvalue weighted by Gasteiger charge is -2.29. The third-order valence-electron chi connectivity index (χ3n) is 3.11. The van der Waals surface area contributed by atoms with Gasteiger partial charge in [-0.3, -0.25) is 4.79 Å². The quantitative estimate of drug-likeness (QED) is 0.723. The molecule has 1 saturated heterocycles. The van der Waals surface area contributed by atoms with E-state index in [-0.39, 0.29) is 18.1 Å². The van der Waals surface area contributed by atoms with Crippen molar-refractivity contribution in [1.29, 1.82) is 0 Å². The Morgan fingerprint density at radius 2 is 2.25 bits per heavy atom. The second-order valence-corrected chi connectivity index (χ2v) is 4.66. The normalized spacial score (nSPS) is 22.3. The fourth-order valence-electron chi connectivity index (χ4n) is 2.06. The van der Waals surface area contributed by atoms with E-state index in [0.717, 1.165) is 11.4 Å². The Morgan fingerprint density at radius 3 is 2.90 bits per heavy atom. The molecule has 4 N–H and O–H groups in total. The number of hydrogen-bond donors (Lipinski definition) is 3. The first-order valence-corrected chi connectivity index (χ1v) is 6.79. The van der Waals surface area contributed by atoms with Crippen LogP contribution in [0.1, 0.15) is 6.92 Å². The molecule has 1 aliphatic rings. The predicted octanol–water partition coefficient (Wildman–Crippen LogP) is 0.340. The van der Waals surface area contributed by atoms with E-state index in [0.29, 0.717) is 26.3 Å². The van der Waals surface area contributed by atoms with E-state index in [1.165, 1.54) is 0 Å². The minimum Gasteiger partial charge on any atom is -0.492 e. The number of morpholine rings is 1. The molecule has 1 aromatic rings. The topological polar surface area (TPSA) is 85.6 Å². The first kappa shape index (κ1) is 14.8. The van der Waals surface area contributed by atoms with Crippen molar-refractivity contribution in [2.24, 2.45) is 5.73 Å². The van der Waals surface area contributed by atoms with E-state index >= 15 is 0 Å². The van der Waals surface area contributed by atoms with Crippen LogP contribution in [0.3, 0.4) is 0 Å². The summed E-state index contributed by atoms with van der Waals surface area (Å²) in [6.45, 7) is 4.17. The predicted molar refractivity (Wildman–Crippen MR) is 76.8 cm³/mol.